The number of aryl methyl sites for hydroxylation is 1. The molecule has 3 aromatic rings. The Morgan fingerprint density at radius 1 is 1.17 bits per heavy atom. The highest BCUT2D eigenvalue weighted by molar-refractivity contribution is 6.03. The van der Waals surface area contributed by atoms with Gasteiger partial charge in [-0.15, -0.1) is 0 Å². The number of benzene rings is 2. The molecule has 120 valence electrons. The Kier molecular flexibility index (Phi) is 4.07. The smallest absolute Gasteiger partial charge is 0.270 e. The highest BCUT2D eigenvalue weighted by Gasteiger charge is 2.11. The molecular formula is C17H14N4O3. The van der Waals surface area contributed by atoms with Crippen LogP contribution in [0.1, 0.15) is 15.9 Å². The minimum atomic E-state index is -0.458. The molecule has 0 saturated heterocycles. The first-order valence-corrected chi connectivity index (χ1v) is 7.21. The lowest BCUT2D eigenvalue weighted by Crippen LogP contribution is -2.11. The van der Waals surface area contributed by atoms with Crippen molar-refractivity contribution >= 4 is 17.4 Å². The summed E-state index contributed by atoms with van der Waals surface area (Å²) in [7, 11) is 0. The summed E-state index contributed by atoms with van der Waals surface area (Å²) in [5.74, 6) is 0.0779. The second kappa shape index (κ2) is 6.33. The molecule has 7 heteroatoms. The van der Waals surface area contributed by atoms with Gasteiger partial charge in [0.2, 0.25) is 0 Å². The van der Waals surface area contributed by atoms with E-state index in [-0.39, 0.29) is 11.6 Å². The number of nitrogens with zero attached hydrogens (tertiary/aromatic N) is 2. The van der Waals surface area contributed by atoms with Gasteiger partial charge in [0.1, 0.15) is 0 Å². The molecule has 0 bridgehead atoms. The number of nitro groups is 1. The average Bonchev–Trinajstić information content (AvgIpc) is 3.04. The number of amides is 1. The number of rotatable bonds is 4. The number of carbonyl (C=O) groups is 1. The summed E-state index contributed by atoms with van der Waals surface area (Å²) in [6.07, 6.45) is 0. The second-order valence-electron chi connectivity index (χ2n) is 5.29. The second-order valence-corrected chi connectivity index (χ2v) is 5.29. The Morgan fingerprint density at radius 2 is 1.92 bits per heavy atom. The maximum atomic E-state index is 12.2. The Hall–Kier alpha value is -3.48. The zero-order chi connectivity index (χ0) is 17.1. The summed E-state index contributed by atoms with van der Waals surface area (Å²) < 4.78 is 0. The number of H-pyrrole nitrogens is 1. The maximum absolute atomic E-state index is 12.2. The standard InChI is InChI=1S/C17H14N4O3/c1-11-5-7-12(8-6-11)17(22)18-16-10-15(19-20-16)13-3-2-4-14(9-13)21(23)24/h2-10H,1H3,(H2,18,19,20,22). The first kappa shape index (κ1) is 15.4. The van der Waals surface area contributed by atoms with E-state index in [1.54, 1.807) is 30.3 Å². The minimum absolute atomic E-state index is 0.00709. The fourth-order valence-corrected chi connectivity index (χ4v) is 2.21. The van der Waals surface area contributed by atoms with Crippen LogP contribution in [0.2, 0.25) is 0 Å². The van der Waals surface area contributed by atoms with E-state index in [2.05, 4.69) is 15.5 Å². The molecule has 2 N–H and O–H groups in total. The highest BCUT2D eigenvalue weighted by atomic mass is 16.6. The third-order valence-electron chi connectivity index (χ3n) is 3.50. The summed E-state index contributed by atoms with van der Waals surface area (Å²) in [6, 6.07) is 15.0. The van der Waals surface area contributed by atoms with Crippen molar-refractivity contribution in [2.24, 2.45) is 0 Å². The van der Waals surface area contributed by atoms with Crippen LogP contribution < -0.4 is 5.32 Å². The molecule has 0 atom stereocenters. The number of aromatic nitrogens is 2. The molecule has 1 aromatic heterocycles. The zero-order valence-corrected chi connectivity index (χ0v) is 12.8. The van der Waals surface area contributed by atoms with Crippen molar-refractivity contribution in [3.8, 4) is 11.3 Å². The van der Waals surface area contributed by atoms with E-state index in [1.165, 1.54) is 12.1 Å². The van der Waals surface area contributed by atoms with Gasteiger partial charge in [0.25, 0.3) is 11.6 Å². The number of aromatic amines is 1. The molecule has 1 amide bonds. The van der Waals surface area contributed by atoms with Crippen LogP contribution in [0.15, 0.2) is 54.6 Å². The molecule has 0 unspecified atom stereocenters. The van der Waals surface area contributed by atoms with Gasteiger partial charge in [-0.05, 0) is 19.1 Å². The van der Waals surface area contributed by atoms with E-state index in [0.717, 1.165) is 5.56 Å². The Morgan fingerprint density at radius 3 is 2.62 bits per heavy atom. The first-order chi connectivity index (χ1) is 11.5. The van der Waals surface area contributed by atoms with E-state index < -0.39 is 4.92 Å². The van der Waals surface area contributed by atoms with Crippen LogP contribution in [0.3, 0.4) is 0 Å². The van der Waals surface area contributed by atoms with E-state index >= 15 is 0 Å². The lowest BCUT2D eigenvalue weighted by molar-refractivity contribution is -0.384. The number of carbonyl (C=O) groups excluding carboxylic acids is 1. The molecule has 2 aromatic carbocycles. The molecule has 0 fully saturated rings. The van der Waals surface area contributed by atoms with Crippen molar-refractivity contribution in [1.29, 1.82) is 0 Å². The van der Waals surface area contributed by atoms with Crippen LogP contribution >= 0.6 is 0 Å². The Labute approximate surface area is 137 Å². The predicted octanol–water partition coefficient (Wildman–Crippen LogP) is 3.55. The van der Waals surface area contributed by atoms with Gasteiger partial charge >= 0.3 is 0 Å². The van der Waals surface area contributed by atoms with Gasteiger partial charge in [0, 0.05) is 29.3 Å². The molecule has 0 saturated carbocycles. The fourth-order valence-electron chi connectivity index (χ4n) is 2.21. The van der Waals surface area contributed by atoms with Gasteiger partial charge in [0.05, 0.1) is 10.6 Å². The van der Waals surface area contributed by atoms with Crippen LogP contribution in [-0.2, 0) is 0 Å². The topological polar surface area (TPSA) is 101 Å². The average molecular weight is 322 g/mol. The molecule has 0 spiro atoms. The number of anilines is 1. The summed E-state index contributed by atoms with van der Waals surface area (Å²) >= 11 is 0. The first-order valence-electron chi connectivity index (χ1n) is 7.21. The number of nitro benzene ring substituents is 1. The van der Waals surface area contributed by atoms with E-state index in [9.17, 15) is 14.9 Å². The molecule has 3 rings (SSSR count). The molecular weight excluding hydrogens is 308 g/mol. The van der Waals surface area contributed by atoms with Crippen molar-refractivity contribution in [1.82, 2.24) is 10.2 Å². The Balaban J connectivity index is 1.78. The van der Waals surface area contributed by atoms with Gasteiger partial charge in [-0.1, -0.05) is 29.8 Å². The zero-order valence-electron chi connectivity index (χ0n) is 12.8. The van der Waals surface area contributed by atoms with E-state index in [4.69, 9.17) is 0 Å². The van der Waals surface area contributed by atoms with Crippen molar-refractivity contribution in [2.75, 3.05) is 5.32 Å². The lowest BCUT2D eigenvalue weighted by atomic mass is 10.1. The van der Waals surface area contributed by atoms with Crippen molar-refractivity contribution in [3.05, 3.63) is 75.8 Å². The van der Waals surface area contributed by atoms with Gasteiger partial charge in [0.15, 0.2) is 5.82 Å². The van der Waals surface area contributed by atoms with Crippen molar-refractivity contribution < 1.29 is 9.72 Å². The minimum Gasteiger partial charge on any atom is -0.305 e. The maximum Gasteiger partial charge on any atom is 0.270 e. The summed E-state index contributed by atoms with van der Waals surface area (Å²) in [4.78, 5) is 22.5. The van der Waals surface area contributed by atoms with Gasteiger partial charge < -0.3 is 5.32 Å². The molecule has 24 heavy (non-hydrogen) atoms. The summed E-state index contributed by atoms with van der Waals surface area (Å²) in [5.41, 5.74) is 2.79. The third-order valence-corrected chi connectivity index (χ3v) is 3.50. The van der Waals surface area contributed by atoms with E-state index in [0.29, 0.717) is 22.6 Å². The number of hydrogen-bond acceptors (Lipinski definition) is 4. The van der Waals surface area contributed by atoms with Gasteiger partial charge in [-0.3, -0.25) is 20.0 Å². The third kappa shape index (κ3) is 3.30. The molecule has 7 nitrogen and oxygen atoms in total. The van der Waals surface area contributed by atoms with Gasteiger partial charge in [-0.25, -0.2) is 0 Å². The van der Waals surface area contributed by atoms with Crippen LogP contribution in [0, 0.1) is 17.0 Å². The SMILES string of the molecule is Cc1ccc(C(=O)Nc2cc(-c3cccc([N+](=O)[O-])c3)[nH]n2)cc1. The highest BCUT2D eigenvalue weighted by Crippen LogP contribution is 2.24. The molecule has 1 heterocycles. The summed E-state index contributed by atoms with van der Waals surface area (Å²) in [5, 5.41) is 20.3. The number of nitrogens with one attached hydrogen (secondary N) is 2. The van der Waals surface area contributed by atoms with Crippen molar-refractivity contribution in [2.45, 2.75) is 6.92 Å². The van der Waals surface area contributed by atoms with Gasteiger partial charge in [-0.2, -0.15) is 5.10 Å². The quantitative estimate of drug-likeness (QED) is 0.566. The molecule has 0 radical (unpaired) electrons. The number of hydrogen-bond donors (Lipinski definition) is 2. The van der Waals surface area contributed by atoms with Crippen LogP contribution in [0.5, 0.6) is 0 Å². The molecule has 0 aliphatic heterocycles. The monoisotopic (exact) mass is 322 g/mol. The van der Waals surface area contributed by atoms with Crippen LogP contribution in [-0.4, -0.2) is 21.0 Å². The van der Waals surface area contributed by atoms with Crippen molar-refractivity contribution in [3.63, 3.8) is 0 Å². The summed E-state index contributed by atoms with van der Waals surface area (Å²) in [6.45, 7) is 1.95. The predicted molar refractivity (Wildman–Crippen MR) is 89.8 cm³/mol. The van der Waals surface area contributed by atoms with E-state index in [1.807, 2.05) is 19.1 Å². The van der Waals surface area contributed by atoms with Crippen LogP contribution in [0.25, 0.3) is 11.3 Å². The largest absolute Gasteiger partial charge is 0.305 e. The normalized spacial score (nSPS) is 10.4. The van der Waals surface area contributed by atoms with Crippen LogP contribution in [0.4, 0.5) is 11.5 Å². The number of non-ortho nitro benzene ring substituents is 1. The fraction of sp³-hybridized carbons (Fsp3) is 0.0588. The lowest BCUT2D eigenvalue weighted by Gasteiger charge is -2.01. The molecule has 0 aliphatic rings. The molecule has 0 aliphatic carbocycles. The Bertz CT molecular complexity index is 900.